The van der Waals surface area contributed by atoms with Crippen LogP contribution in [0, 0.1) is 0 Å². The molecule has 9 unspecified atom stereocenters. The summed E-state index contributed by atoms with van der Waals surface area (Å²) in [6.45, 7) is 6.22. The van der Waals surface area contributed by atoms with Crippen LogP contribution in [0.1, 0.15) is 161 Å². The summed E-state index contributed by atoms with van der Waals surface area (Å²) < 4.78 is 120. The molecule has 3 fully saturated rings. The number of hydrogen-bond donors (Lipinski definition) is 0. The standard InChI is InChI=1S/C103H124O19/c1-4-5-6-7-8-9-10-11-12-13-14-15-16-17-18-43-64-108-88-62-60-87(61-63-88)73-115-101-98(114-72-86-58-41-26-42-59-86)97(122-103-100(118-78(3)105)96(113-71-85-56-39-25-40-57-85)93(110-68-82-50-33-22-34-51-82)90(121-103)75-107-66-80-46-29-20-30-47-80)94(111-69-83-52-35-23-36-53-83)91(120-101)76-116-102-99(117-77(2)104)95(112-70-84-54-37-24-38-55-84)92(109-67-81-48-31-21-32-49-81)89(119-102)74-106-65-79-44-27-19-28-45-79/h11-12,19-42,44-63,89-103H,4-10,13-18,43,64-76H2,1-3H3/b12-11-/t89?,90?,91?,92-,93-,94-,95?,96?,97?,98?,99?,100?,101+,102+,103-/m1/s1. The Hall–Kier alpha value is -9.10. The van der Waals surface area contributed by atoms with Crippen molar-refractivity contribution in [2.75, 3.05) is 26.4 Å². The van der Waals surface area contributed by atoms with Gasteiger partial charge in [-0.2, -0.15) is 0 Å². The lowest BCUT2D eigenvalue weighted by Gasteiger charge is -2.50. The van der Waals surface area contributed by atoms with Crippen LogP contribution in [0.5, 0.6) is 5.75 Å². The lowest BCUT2D eigenvalue weighted by atomic mass is 9.95. The first-order valence-corrected chi connectivity index (χ1v) is 43.9. The van der Waals surface area contributed by atoms with Crippen molar-refractivity contribution >= 4 is 11.9 Å². The number of unbranched alkanes of at least 4 members (excludes halogenated alkanes) is 12. The van der Waals surface area contributed by atoms with Crippen LogP contribution in [0.2, 0.25) is 0 Å². The number of carbonyl (C=O) groups is 2. The first-order chi connectivity index (χ1) is 60.2. The maximum absolute atomic E-state index is 14.1. The van der Waals surface area contributed by atoms with E-state index in [1.807, 2.05) is 267 Å². The topological polar surface area (TPSA) is 191 Å². The second-order valence-corrected chi connectivity index (χ2v) is 31.5. The first kappa shape index (κ1) is 92.1. The van der Waals surface area contributed by atoms with Crippen LogP contribution in [0.15, 0.2) is 279 Å². The third kappa shape index (κ3) is 31.0. The molecule has 3 saturated heterocycles. The van der Waals surface area contributed by atoms with Crippen molar-refractivity contribution in [2.24, 2.45) is 0 Å². The van der Waals surface area contributed by atoms with Gasteiger partial charge in [-0.15, -0.1) is 0 Å². The maximum atomic E-state index is 14.1. The van der Waals surface area contributed by atoms with E-state index in [1.165, 1.54) is 84.5 Å². The van der Waals surface area contributed by atoms with Gasteiger partial charge in [-0.1, -0.05) is 332 Å². The molecule has 12 rings (SSSR count). The molecule has 122 heavy (non-hydrogen) atoms. The van der Waals surface area contributed by atoms with E-state index in [0.29, 0.717) is 6.61 Å². The van der Waals surface area contributed by atoms with Crippen molar-refractivity contribution in [3.63, 3.8) is 0 Å². The lowest BCUT2D eigenvalue weighted by Crippen LogP contribution is -2.67. The normalized spacial score (nSPS) is 22.8. The van der Waals surface area contributed by atoms with Crippen molar-refractivity contribution in [3.8, 4) is 5.75 Å². The van der Waals surface area contributed by atoms with E-state index in [9.17, 15) is 9.59 Å². The monoisotopic (exact) mass is 1660 g/mol. The molecule has 0 N–H and O–H groups in total. The van der Waals surface area contributed by atoms with E-state index >= 15 is 0 Å². The van der Waals surface area contributed by atoms with Crippen LogP contribution in [0.3, 0.4) is 0 Å². The highest BCUT2D eigenvalue weighted by molar-refractivity contribution is 5.66. The molecule has 9 aromatic rings. The minimum Gasteiger partial charge on any atom is -0.494 e. The van der Waals surface area contributed by atoms with Gasteiger partial charge in [0.25, 0.3) is 0 Å². The Morgan fingerprint density at radius 3 is 0.959 bits per heavy atom. The molecule has 19 heteroatoms. The van der Waals surface area contributed by atoms with Gasteiger partial charge in [-0.25, -0.2) is 0 Å². The Labute approximate surface area is 721 Å². The van der Waals surface area contributed by atoms with Crippen LogP contribution in [-0.2, 0) is 145 Å². The summed E-state index contributed by atoms with van der Waals surface area (Å²) in [6.07, 6.45) is 4.64. The van der Waals surface area contributed by atoms with Gasteiger partial charge in [0.15, 0.2) is 31.1 Å². The lowest BCUT2D eigenvalue weighted by molar-refractivity contribution is -0.381. The van der Waals surface area contributed by atoms with E-state index in [-0.39, 0.29) is 79.3 Å². The van der Waals surface area contributed by atoms with Crippen molar-refractivity contribution in [1.29, 1.82) is 0 Å². The van der Waals surface area contributed by atoms with Crippen molar-refractivity contribution < 1.29 is 90.1 Å². The summed E-state index contributed by atoms with van der Waals surface area (Å²) in [6, 6.07) is 86.2. The Morgan fingerprint density at radius 1 is 0.279 bits per heavy atom. The fourth-order valence-corrected chi connectivity index (χ4v) is 15.4. The predicted octanol–water partition coefficient (Wildman–Crippen LogP) is 20.0. The van der Waals surface area contributed by atoms with E-state index in [2.05, 4.69) is 19.1 Å². The number of hydrogen-bond acceptors (Lipinski definition) is 19. The molecule has 3 heterocycles. The summed E-state index contributed by atoms with van der Waals surface area (Å²) >= 11 is 0. The average Bonchev–Trinajstić information content (AvgIpc) is 0.764. The summed E-state index contributed by atoms with van der Waals surface area (Å²) in [5.41, 5.74) is 7.85. The fraction of sp³-hybridized carbons (Fsp3) is 0.437. The fourth-order valence-electron chi connectivity index (χ4n) is 15.4. The second kappa shape index (κ2) is 52.5. The van der Waals surface area contributed by atoms with Gasteiger partial charge in [0.1, 0.15) is 66.8 Å². The summed E-state index contributed by atoms with van der Waals surface area (Å²) in [5, 5.41) is 0. The van der Waals surface area contributed by atoms with Crippen LogP contribution in [0.25, 0.3) is 0 Å². The summed E-state index contributed by atoms with van der Waals surface area (Å²) in [7, 11) is 0. The number of carbonyl (C=O) groups excluding carboxylic acids is 2. The van der Waals surface area contributed by atoms with Gasteiger partial charge >= 0.3 is 11.9 Å². The van der Waals surface area contributed by atoms with Gasteiger partial charge in [-0.05, 0) is 94.3 Å². The third-order valence-electron chi connectivity index (χ3n) is 21.9. The largest absolute Gasteiger partial charge is 0.494 e. The molecule has 9 aromatic carbocycles. The Kier molecular flexibility index (Phi) is 39.6. The van der Waals surface area contributed by atoms with E-state index in [0.717, 1.165) is 75.1 Å². The number of allylic oxidation sites excluding steroid dienone is 2. The third-order valence-corrected chi connectivity index (χ3v) is 21.9. The van der Waals surface area contributed by atoms with Gasteiger partial charge in [0.2, 0.25) is 0 Å². The van der Waals surface area contributed by atoms with Crippen molar-refractivity contribution in [3.05, 3.63) is 329 Å². The van der Waals surface area contributed by atoms with Gasteiger partial charge < -0.3 is 80.5 Å². The zero-order valence-corrected chi connectivity index (χ0v) is 71.1. The zero-order chi connectivity index (χ0) is 84.2. The Morgan fingerprint density at radius 2 is 0.574 bits per heavy atom. The minimum absolute atomic E-state index is 0.00368. The number of esters is 2. The molecule has 0 spiro atoms. The molecule has 0 radical (unpaired) electrons. The Balaban J connectivity index is 0.890. The molecular weight excluding hydrogens is 1540 g/mol. The maximum Gasteiger partial charge on any atom is 0.303 e. The summed E-state index contributed by atoms with van der Waals surface area (Å²) in [5.74, 6) is -0.517. The molecule has 0 bridgehead atoms. The van der Waals surface area contributed by atoms with E-state index < -0.39 is 104 Å². The highest BCUT2D eigenvalue weighted by atomic mass is 16.8. The van der Waals surface area contributed by atoms with Crippen molar-refractivity contribution in [2.45, 2.75) is 262 Å². The van der Waals surface area contributed by atoms with Crippen LogP contribution < -0.4 is 4.74 Å². The first-order valence-electron chi connectivity index (χ1n) is 43.9. The van der Waals surface area contributed by atoms with Crippen LogP contribution >= 0.6 is 0 Å². The van der Waals surface area contributed by atoms with E-state index in [1.54, 1.807) is 0 Å². The van der Waals surface area contributed by atoms with E-state index in [4.69, 9.17) is 80.5 Å². The number of rotatable bonds is 53. The molecule has 3 aliphatic rings. The molecule has 15 atom stereocenters. The molecule has 650 valence electrons. The predicted molar refractivity (Wildman–Crippen MR) is 466 cm³/mol. The van der Waals surface area contributed by atoms with Gasteiger partial charge in [-0.3, -0.25) is 9.59 Å². The van der Waals surface area contributed by atoms with Crippen LogP contribution in [-0.4, -0.2) is 130 Å². The SMILES string of the molecule is CCCCCCCC/C=C\CCCCCCCCOc1ccc(CO[C@H]2OC(CO[C@H]3OC(COCc4ccccc4)[C@@H](OCc4ccccc4)C(OCc4ccccc4)C3OC(C)=O)[C@@H](OCc3ccccc3)C(O[C@H]3OC(COCc4ccccc4)[C@@H](OCc4ccccc4)C(OCc4ccccc4)C3OC(C)=O)C2OCc2ccccc2)cc1. The molecule has 19 nitrogen and oxygen atoms in total. The minimum atomic E-state index is -1.48. The summed E-state index contributed by atoms with van der Waals surface area (Å²) in [4.78, 5) is 28.0. The second-order valence-electron chi connectivity index (χ2n) is 31.5. The average molecular weight is 1670 g/mol. The van der Waals surface area contributed by atoms with Crippen molar-refractivity contribution in [1.82, 2.24) is 0 Å². The number of benzene rings is 9. The van der Waals surface area contributed by atoms with Crippen LogP contribution in [0.4, 0.5) is 0 Å². The molecule has 0 aliphatic carbocycles. The molecule has 3 aliphatic heterocycles. The quantitative estimate of drug-likeness (QED) is 0.0198. The molecule has 0 aromatic heterocycles. The molecular formula is C103H124O19. The Bertz CT molecular complexity index is 4310. The molecule has 0 amide bonds. The smallest absolute Gasteiger partial charge is 0.303 e. The highest BCUT2D eigenvalue weighted by Gasteiger charge is 2.57. The van der Waals surface area contributed by atoms with Gasteiger partial charge in [0.05, 0.1) is 85.9 Å². The highest BCUT2D eigenvalue weighted by Crippen LogP contribution is 2.39. The van der Waals surface area contributed by atoms with Gasteiger partial charge in [0, 0.05) is 13.8 Å². The number of ether oxygens (including phenoxy) is 17. The zero-order valence-electron chi connectivity index (χ0n) is 71.1. The molecule has 0 saturated carbocycles.